The van der Waals surface area contributed by atoms with Crippen LogP contribution >= 0.6 is 0 Å². The maximum absolute atomic E-state index is 5.18. The lowest BCUT2D eigenvalue weighted by molar-refractivity contribution is 0.269. The second-order valence-corrected chi connectivity index (χ2v) is 3.24. The quantitative estimate of drug-likeness (QED) is 0.444. The third kappa shape index (κ3) is 7.37. The number of ether oxygens (including phenoxy) is 1. The van der Waals surface area contributed by atoms with E-state index in [2.05, 4.69) is 32.7 Å². The summed E-state index contributed by atoms with van der Waals surface area (Å²) in [5.74, 6) is 0.582. The van der Waals surface area contributed by atoms with Crippen LogP contribution in [0.1, 0.15) is 34.1 Å². The second-order valence-electron chi connectivity index (χ2n) is 3.24. The van der Waals surface area contributed by atoms with E-state index in [-0.39, 0.29) is 0 Å². The van der Waals surface area contributed by atoms with Gasteiger partial charge in [-0.1, -0.05) is 20.8 Å². The summed E-state index contributed by atoms with van der Waals surface area (Å²) in [6.45, 7) is 9.20. The first-order chi connectivity index (χ1) is 5.16. The van der Waals surface area contributed by atoms with E-state index >= 15 is 0 Å². The molecule has 0 bridgehead atoms. The molecule has 0 aromatic carbocycles. The van der Waals surface area contributed by atoms with Crippen LogP contribution in [0.2, 0.25) is 0 Å². The van der Waals surface area contributed by atoms with Crippen LogP contribution in [0.25, 0.3) is 0 Å². The van der Waals surface area contributed by atoms with Crippen LogP contribution < -0.4 is 0 Å². The molecule has 1 atom stereocenters. The van der Waals surface area contributed by atoms with E-state index in [1.54, 1.807) is 6.40 Å². The van der Waals surface area contributed by atoms with Gasteiger partial charge in [-0.15, -0.1) is 0 Å². The van der Waals surface area contributed by atoms with Gasteiger partial charge in [-0.3, -0.25) is 4.99 Å². The van der Waals surface area contributed by atoms with Gasteiger partial charge >= 0.3 is 0 Å². The van der Waals surface area contributed by atoms with E-state index in [0.717, 1.165) is 13.0 Å². The molecule has 2 heteroatoms. The van der Waals surface area contributed by atoms with Gasteiger partial charge in [0.25, 0.3) is 0 Å². The van der Waals surface area contributed by atoms with E-state index in [0.29, 0.717) is 12.0 Å². The first kappa shape index (κ1) is 10.5. The van der Waals surface area contributed by atoms with Gasteiger partial charge in [-0.2, -0.15) is 0 Å². The molecule has 0 heterocycles. The van der Waals surface area contributed by atoms with Gasteiger partial charge in [0, 0.05) is 0 Å². The van der Waals surface area contributed by atoms with Crippen molar-refractivity contribution in [2.24, 2.45) is 10.9 Å². The summed E-state index contributed by atoms with van der Waals surface area (Å²) in [5.41, 5.74) is 0. The SMILES string of the molecule is CCC(C)/N=C\OCC(C)C. The Morgan fingerprint density at radius 3 is 2.45 bits per heavy atom. The fraction of sp³-hybridized carbons (Fsp3) is 0.889. The van der Waals surface area contributed by atoms with E-state index in [1.807, 2.05) is 0 Å². The minimum atomic E-state index is 0.391. The Morgan fingerprint density at radius 2 is 2.00 bits per heavy atom. The van der Waals surface area contributed by atoms with Crippen molar-refractivity contribution in [1.82, 2.24) is 0 Å². The first-order valence-electron chi connectivity index (χ1n) is 4.30. The Balaban J connectivity index is 3.29. The lowest BCUT2D eigenvalue weighted by Crippen LogP contribution is -2.02. The van der Waals surface area contributed by atoms with Crippen LogP contribution in [0, 0.1) is 5.92 Å². The van der Waals surface area contributed by atoms with Crippen molar-refractivity contribution >= 4 is 6.40 Å². The maximum Gasteiger partial charge on any atom is 0.169 e. The zero-order chi connectivity index (χ0) is 8.69. The lowest BCUT2D eigenvalue weighted by Gasteiger charge is -2.04. The summed E-state index contributed by atoms with van der Waals surface area (Å²) in [5, 5.41) is 0. The Morgan fingerprint density at radius 1 is 1.36 bits per heavy atom. The molecule has 0 saturated heterocycles. The predicted molar refractivity (Wildman–Crippen MR) is 49.0 cm³/mol. The molecule has 1 unspecified atom stereocenters. The summed E-state index contributed by atoms with van der Waals surface area (Å²) in [6.07, 6.45) is 2.65. The summed E-state index contributed by atoms with van der Waals surface area (Å²) in [6, 6.07) is 0.391. The number of rotatable bonds is 5. The van der Waals surface area contributed by atoms with Gasteiger partial charge in [-0.25, -0.2) is 0 Å². The number of hydrogen-bond donors (Lipinski definition) is 0. The Bertz CT molecular complexity index is 110. The zero-order valence-corrected chi connectivity index (χ0v) is 8.00. The minimum Gasteiger partial charge on any atom is -0.483 e. The predicted octanol–water partition coefficient (Wildman–Crippen LogP) is 2.49. The molecule has 0 rings (SSSR count). The molecule has 66 valence electrons. The Kier molecular flexibility index (Phi) is 5.90. The molecule has 11 heavy (non-hydrogen) atoms. The Labute approximate surface area is 69.7 Å². The number of aliphatic imine (C=N–C) groups is 1. The fourth-order valence-corrected chi connectivity index (χ4v) is 0.488. The van der Waals surface area contributed by atoms with Crippen molar-refractivity contribution in [3.8, 4) is 0 Å². The zero-order valence-electron chi connectivity index (χ0n) is 8.00. The molecule has 0 amide bonds. The molecule has 0 aliphatic heterocycles. The fourth-order valence-electron chi connectivity index (χ4n) is 0.488. The van der Waals surface area contributed by atoms with Gasteiger partial charge < -0.3 is 4.74 Å². The molecule has 0 aromatic rings. The highest BCUT2D eigenvalue weighted by Crippen LogP contribution is 1.94. The van der Waals surface area contributed by atoms with Gasteiger partial charge in [0.15, 0.2) is 6.40 Å². The van der Waals surface area contributed by atoms with Crippen LogP contribution in [0.15, 0.2) is 4.99 Å². The van der Waals surface area contributed by atoms with E-state index in [1.165, 1.54) is 0 Å². The highest BCUT2D eigenvalue weighted by molar-refractivity contribution is 5.46. The lowest BCUT2D eigenvalue weighted by atomic mass is 10.2. The van der Waals surface area contributed by atoms with Crippen LogP contribution in [-0.4, -0.2) is 19.0 Å². The maximum atomic E-state index is 5.18. The molecule has 0 aliphatic carbocycles. The van der Waals surface area contributed by atoms with Crippen molar-refractivity contribution in [2.75, 3.05) is 6.61 Å². The molecule has 0 spiro atoms. The average Bonchev–Trinajstić information content (AvgIpc) is 1.97. The van der Waals surface area contributed by atoms with Gasteiger partial charge in [0.2, 0.25) is 0 Å². The minimum absolute atomic E-state index is 0.391. The summed E-state index contributed by atoms with van der Waals surface area (Å²) >= 11 is 0. The van der Waals surface area contributed by atoms with E-state index in [4.69, 9.17) is 4.74 Å². The van der Waals surface area contributed by atoms with Crippen LogP contribution in [0.3, 0.4) is 0 Å². The second kappa shape index (κ2) is 6.20. The molecule has 0 aromatic heterocycles. The van der Waals surface area contributed by atoms with Crippen molar-refractivity contribution in [1.29, 1.82) is 0 Å². The van der Waals surface area contributed by atoms with Crippen molar-refractivity contribution in [3.05, 3.63) is 0 Å². The van der Waals surface area contributed by atoms with Crippen LogP contribution in [0.4, 0.5) is 0 Å². The molecule has 0 N–H and O–H groups in total. The van der Waals surface area contributed by atoms with Gasteiger partial charge in [0.05, 0.1) is 12.6 Å². The topological polar surface area (TPSA) is 21.6 Å². The van der Waals surface area contributed by atoms with Crippen LogP contribution in [0.5, 0.6) is 0 Å². The third-order valence-electron chi connectivity index (χ3n) is 1.41. The summed E-state index contributed by atoms with van der Waals surface area (Å²) < 4.78 is 5.18. The molecule has 0 aliphatic rings. The number of nitrogens with zero attached hydrogens (tertiary/aromatic N) is 1. The molecule has 0 fully saturated rings. The van der Waals surface area contributed by atoms with E-state index in [9.17, 15) is 0 Å². The van der Waals surface area contributed by atoms with Crippen molar-refractivity contribution < 1.29 is 4.74 Å². The molecular weight excluding hydrogens is 138 g/mol. The van der Waals surface area contributed by atoms with Crippen LogP contribution in [-0.2, 0) is 4.74 Å². The van der Waals surface area contributed by atoms with Gasteiger partial charge in [-0.05, 0) is 19.3 Å². The standard InChI is InChI=1S/C9H19NO/c1-5-9(4)10-7-11-6-8(2)3/h7-9H,5-6H2,1-4H3/b10-7-. The normalized spacial score (nSPS) is 14.3. The third-order valence-corrected chi connectivity index (χ3v) is 1.41. The van der Waals surface area contributed by atoms with Crippen molar-refractivity contribution in [3.63, 3.8) is 0 Å². The average molecular weight is 157 g/mol. The van der Waals surface area contributed by atoms with E-state index < -0.39 is 0 Å². The highest BCUT2D eigenvalue weighted by Gasteiger charge is 1.92. The number of hydrogen-bond acceptors (Lipinski definition) is 2. The smallest absolute Gasteiger partial charge is 0.169 e. The first-order valence-corrected chi connectivity index (χ1v) is 4.30. The summed E-state index contributed by atoms with van der Waals surface area (Å²) in [7, 11) is 0. The molecule has 0 radical (unpaired) electrons. The molecule has 2 nitrogen and oxygen atoms in total. The Hall–Kier alpha value is -0.530. The molecule has 0 saturated carbocycles. The highest BCUT2D eigenvalue weighted by atomic mass is 16.5. The van der Waals surface area contributed by atoms with Crippen molar-refractivity contribution in [2.45, 2.75) is 40.2 Å². The monoisotopic (exact) mass is 157 g/mol. The van der Waals surface area contributed by atoms with Gasteiger partial charge in [0.1, 0.15) is 0 Å². The molecular formula is C9H19NO. The largest absolute Gasteiger partial charge is 0.483 e. The summed E-state index contributed by atoms with van der Waals surface area (Å²) in [4.78, 5) is 4.17.